The number of thiophene rings is 1. The molecule has 0 aromatic carbocycles. The van der Waals surface area contributed by atoms with E-state index in [-0.39, 0.29) is 36.4 Å². The van der Waals surface area contributed by atoms with Crippen molar-refractivity contribution in [2.24, 2.45) is 0 Å². The summed E-state index contributed by atoms with van der Waals surface area (Å²) in [6.07, 6.45) is 5.16. The Morgan fingerprint density at radius 2 is 2.12 bits per heavy atom. The Labute approximate surface area is 155 Å². The molecule has 1 aliphatic heterocycles. The summed E-state index contributed by atoms with van der Waals surface area (Å²) < 4.78 is 0.676. The molecule has 1 saturated heterocycles. The van der Waals surface area contributed by atoms with Gasteiger partial charge in [-0.2, -0.15) is 5.10 Å². The fourth-order valence-corrected chi connectivity index (χ4v) is 4.00. The molecule has 4 heterocycles. The van der Waals surface area contributed by atoms with E-state index in [1.54, 1.807) is 6.20 Å². The van der Waals surface area contributed by atoms with Crippen molar-refractivity contribution in [3.05, 3.63) is 34.1 Å². The molecule has 130 valence electrons. The first-order valence-corrected chi connectivity index (χ1v) is 8.31. The molecule has 1 unspecified atom stereocenters. The fourth-order valence-electron chi connectivity index (χ4n) is 2.94. The molecular weight excluding hydrogens is 369 g/mol. The van der Waals surface area contributed by atoms with Crippen LogP contribution < -0.4 is 10.9 Å². The monoisotopic (exact) mass is 387 g/mol. The number of hydrogen-bond donors (Lipinski definition) is 3. The molecule has 6 nitrogen and oxygen atoms in total. The Kier molecular flexibility index (Phi) is 6.03. The van der Waals surface area contributed by atoms with Crippen LogP contribution in [-0.2, 0) is 0 Å². The SMILES string of the molecule is Cc1[nH]ncc1-c1cc2nc(C3CCCCN3)[nH]c(=O)c2s1.Cl.Cl. The first kappa shape index (κ1) is 18.9. The number of aromatic amines is 2. The molecule has 0 aliphatic carbocycles. The minimum Gasteiger partial charge on any atom is -0.308 e. The van der Waals surface area contributed by atoms with E-state index >= 15 is 0 Å². The lowest BCUT2D eigenvalue weighted by Gasteiger charge is -2.22. The average molecular weight is 388 g/mol. The Balaban J connectivity index is 0.00000104. The van der Waals surface area contributed by atoms with Crippen molar-refractivity contribution in [2.45, 2.75) is 32.2 Å². The zero-order chi connectivity index (χ0) is 15.1. The van der Waals surface area contributed by atoms with Gasteiger partial charge in [0.15, 0.2) is 0 Å². The van der Waals surface area contributed by atoms with Gasteiger partial charge in [0.25, 0.3) is 5.56 Å². The number of H-pyrrole nitrogens is 2. The number of fused-ring (bicyclic) bond motifs is 1. The number of nitrogens with one attached hydrogen (secondary N) is 3. The number of halogens is 2. The average Bonchev–Trinajstić information content (AvgIpc) is 3.14. The summed E-state index contributed by atoms with van der Waals surface area (Å²) in [6.45, 7) is 2.96. The van der Waals surface area contributed by atoms with Crippen molar-refractivity contribution in [3.63, 3.8) is 0 Å². The molecule has 3 N–H and O–H groups in total. The zero-order valence-corrected chi connectivity index (χ0v) is 15.5. The molecule has 0 spiro atoms. The van der Waals surface area contributed by atoms with Crippen LogP contribution in [0.4, 0.5) is 0 Å². The standard InChI is InChI=1S/C15H17N5OS.2ClH/c1-8-9(7-17-20-8)12-6-11-13(22-12)15(21)19-14(18-11)10-4-2-3-5-16-10;;/h6-7,10,16H,2-5H2,1H3,(H,17,20)(H,18,19,21);2*1H. The van der Waals surface area contributed by atoms with Gasteiger partial charge in [0.1, 0.15) is 10.5 Å². The van der Waals surface area contributed by atoms with Crippen LogP contribution >= 0.6 is 36.2 Å². The lowest BCUT2D eigenvalue weighted by atomic mass is 10.0. The van der Waals surface area contributed by atoms with E-state index < -0.39 is 0 Å². The number of piperidine rings is 1. The van der Waals surface area contributed by atoms with Crippen LogP contribution in [0.1, 0.15) is 36.8 Å². The minimum absolute atomic E-state index is 0. The highest BCUT2D eigenvalue weighted by molar-refractivity contribution is 7.22. The van der Waals surface area contributed by atoms with E-state index in [0.29, 0.717) is 4.70 Å². The van der Waals surface area contributed by atoms with Gasteiger partial charge < -0.3 is 10.3 Å². The van der Waals surface area contributed by atoms with E-state index in [2.05, 4.69) is 25.5 Å². The van der Waals surface area contributed by atoms with Crippen molar-refractivity contribution in [1.29, 1.82) is 0 Å². The predicted molar refractivity (Wildman–Crippen MR) is 102 cm³/mol. The smallest absolute Gasteiger partial charge is 0.268 e. The largest absolute Gasteiger partial charge is 0.308 e. The molecule has 24 heavy (non-hydrogen) atoms. The van der Waals surface area contributed by atoms with Gasteiger partial charge in [0, 0.05) is 16.1 Å². The van der Waals surface area contributed by atoms with Crippen molar-refractivity contribution >= 4 is 46.4 Å². The van der Waals surface area contributed by atoms with Crippen LogP contribution in [0.25, 0.3) is 20.7 Å². The van der Waals surface area contributed by atoms with Crippen molar-refractivity contribution in [1.82, 2.24) is 25.5 Å². The van der Waals surface area contributed by atoms with Gasteiger partial charge in [-0.3, -0.25) is 9.89 Å². The van der Waals surface area contributed by atoms with Crippen LogP contribution in [0.2, 0.25) is 0 Å². The normalized spacial score (nSPS) is 17.3. The molecule has 0 radical (unpaired) electrons. The maximum atomic E-state index is 12.4. The summed E-state index contributed by atoms with van der Waals surface area (Å²) in [7, 11) is 0. The zero-order valence-electron chi connectivity index (χ0n) is 13.1. The van der Waals surface area contributed by atoms with Crippen LogP contribution in [0, 0.1) is 6.92 Å². The predicted octanol–water partition coefficient (Wildman–Crippen LogP) is 3.34. The minimum atomic E-state index is -0.0511. The Bertz CT molecular complexity index is 881. The van der Waals surface area contributed by atoms with Gasteiger partial charge in [-0.1, -0.05) is 6.42 Å². The van der Waals surface area contributed by atoms with E-state index in [0.717, 1.165) is 40.4 Å². The molecule has 3 aromatic rings. The molecule has 1 fully saturated rings. The molecular formula is C15H19Cl2N5OS. The van der Waals surface area contributed by atoms with Gasteiger partial charge in [-0.15, -0.1) is 36.2 Å². The summed E-state index contributed by atoms with van der Waals surface area (Å²) in [6, 6.07) is 2.14. The molecule has 1 aliphatic rings. The Morgan fingerprint density at radius 3 is 2.79 bits per heavy atom. The highest BCUT2D eigenvalue weighted by Crippen LogP contribution is 2.32. The fraction of sp³-hybridized carbons (Fsp3) is 0.400. The third kappa shape index (κ3) is 3.35. The second-order valence-corrected chi connectivity index (χ2v) is 6.74. The van der Waals surface area contributed by atoms with Gasteiger partial charge in [0.2, 0.25) is 0 Å². The molecule has 0 saturated carbocycles. The lowest BCUT2D eigenvalue weighted by molar-refractivity contribution is 0.397. The van der Waals surface area contributed by atoms with Crippen LogP contribution in [0.15, 0.2) is 17.1 Å². The molecule has 0 amide bonds. The molecule has 3 aromatic heterocycles. The highest BCUT2D eigenvalue weighted by atomic mass is 35.5. The molecule has 9 heteroatoms. The topological polar surface area (TPSA) is 86.5 Å². The summed E-state index contributed by atoms with van der Waals surface area (Å²) in [5.74, 6) is 0.755. The van der Waals surface area contributed by atoms with Gasteiger partial charge in [-0.05, 0) is 32.4 Å². The molecule has 0 bridgehead atoms. The summed E-state index contributed by atoms with van der Waals surface area (Å²) in [5, 5.41) is 10.4. The van der Waals surface area contributed by atoms with E-state index in [9.17, 15) is 4.79 Å². The Hall–Kier alpha value is -1.41. The third-order valence-corrected chi connectivity index (χ3v) is 5.29. The van der Waals surface area contributed by atoms with Gasteiger partial charge in [0.05, 0.1) is 17.8 Å². The van der Waals surface area contributed by atoms with Crippen molar-refractivity contribution in [3.8, 4) is 10.4 Å². The van der Waals surface area contributed by atoms with Gasteiger partial charge in [-0.25, -0.2) is 4.98 Å². The van der Waals surface area contributed by atoms with Crippen LogP contribution in [0.5, 0.6) is 0 Å². The summed E-state index contributed by atoms with van der Waals surface area (Å²) in [5.41, 5.74) is 2.74. The summed E-state index contributed by atoms with van der Waals surface area (Å²) in [4.78, 5) is 21.0. The molecule has 4 rings (SSSR count). The first-order valence-electron chi connectivity index (χ1n) is 7.50. The quantitative estimate of drug-likeness (QED) is 0.629. The molecule has 1 atom stereocenters. The maximum Gasteiger partial charge on any atom is 0.268 e. The first-order chi connectivity index (χ1) is 10.7. The van der Waals surface area contributed by atoms with E-state index in [4.69, 9.17) is 0 Å². The second kappa shape index (κ2) is 7.65. The number of hydrogen-bond acceptors (Lipinski definition) is 5. The number of rotatable bonds is 2. The van der Waals surface area contributed by atoms with E-state index in [1.807, 2.05) is 13.0 Å². The number of aryl methyl sites for hydroxylation is 1. The van der Waals surface area contributed by atoms with Crippen molar-refractivity contribution in [2.75, 3.05) is 6.54 Å². The van der Waals surface area contributed by atoms with E-state index in [1.165, 1.54) is 24.2 Å². The third-order valence-electron chi connectivity index (χ3n) is 4.14. The maximum absolute atomic E-state index is 12.4. The Morgan fingerprint density at radius 1 is 1.29 bits per heavy atom. The lowest BCUT2D eigenvalue weighted by Crippen LogP contribution is -2.29. The van der Waals surface area contributed by atoms with Crippen LogP contribution in [0.3, 0.4) is 0 Å². The summed E-state index contributed by atoms with van der Waals surface area (Å²) >= 11 is 1.46. The number of nitrogens with zero attached hydrogens (tertiary/aromatic N) is 2. The number of aromatic nitrogens is 4. The van der Waals surface area contributed by atoms with Crippen molar-refractivity contribution < 1.29 is 0 Å². The van der Waals surface area contributed by atoms with Crippen LogP contribution in [-0.4, -0.2) is 26.7 Å². The van der Waals surface area contributed by atoms with Gasteiger partial charge >= 0.3 is 0 Å². The second-order valence-electron chi connectivity index (χ2n) is 5.69. The highest BCUT2D eigenvalue weighted by Gasteiger charge is 2.19.